The van der Waals surface area contributed by atoms with Gasteiger partial charge in [0.15, 0.2) is 6.10 Å². The molecule has 0 spiro atoms. The molecule has 0 saturated carbocycles. The smallest absolute Gasteiger partial charge is 0.306 e. The van der Waals surface area contributed by atoms with Gasteiger partial charge in [0.1, 0.15) is 13.2 Å². The molecule has 81 heavy (non-hydrogen) atoms. The summed E-state index contributed by atoms with van der Waals surface area (Å²) in [6.07, 6.45) is 102. The van der Waals surface area contributed by atoms with Gasteiger partial charge in [-0.15, -0.1) is 0 Å². The second-order valence-electron chi connectivity index (χ2n) is 20.2. The molecule has 6 heteroatoms. The Morgan fingerprint density at radius 1 is 0.247 bits per heavy atom. The van der Waals surface area contributed by atoms with E-state index in [2.05, 4.69) is 203 Å². The molecule has 1 atom stereocenters. The summed E-state index contributed by atoms with van der Waals surface area (Å²) in [6.45, 7) is 6.17. The fourth-order valence-electron chi connectivity index (χ4n) is 7.93. The van der Waals surface area contributed by atoms with Gasteiger partial charge in [-0.05, 0) is 148 Å². The van der Waals surface area contributed by atoms with Crippen LogP contribution in [0, 0.1) is 0 Å². The third-order valence-corrected chi connectivity index (χ3v) is 12.6. The number of carbonyl (C=O) groups excluding carboxylic acids is 3. The predicted molar refractivity (Wildman–Crippen MR) is 352 cm³/mol. The van der Waals surface area contributed by atoms with E-state index in [0.717, 1.165) is 141 Å². The first-order chi connectivity index (χ1) is 40.0. The van der Waals surface area contributed by atoms with Crippen molar-refractivity contribution in [2.45, 2.75) is 245 Å². The first kappa shape index (κ1) is 75.2. The van der Waals surface area contributed by atoms with E-state index in [4.69, 9.17) is 14.2 Å². The monoisotopic (exact) mass is 1110 g/mol. The topological polar surface area (TPSA) is 78.9 Å². The predicted octanol–water partition coefficient (Wildman–Crippen LogP) is 22.2. The molecular formula is C75H114O6. The van der Waals surface area contributed by atoms with Gasteiger partial charge in [-0.3, -0.25) is 14.4 Å². The highest BCUT2D eigenvalue weighted by molar-refractivity contribution is 5.71. The molecule has 0 aromatic rings. The van der Waals surface area contributed by atoms with Crippen LogP contribution in [0.1, 0.15) is 239 Å². The van der Waals surface area contributed by atoms with Crippen LogP contribution in [-0.4, -0.2) is 37.2 Å². The van der Waals surface area contributed by atoms with Gasteiger partial charge < -0.3 is 14.2 Å². The number of hydrogen-bond acceptors (Lipinski definition) is 6. The van der Waals surface area contributed by atoms with Crippen molar-refractivity contribution in [3.8, 4) is 0 Å². The molecule has 0 N–H and O–H groups in total. The van der Waals surface area contributed by atoms with E-state index >= 15 is 0 Å². The van der Waals surface area contributed by atoms with Gasteiger partial charge in [-0.2, -0.15) is 0 Å². The Bertz CT molecular complexity index is 1950. The van der Waals surface area contributed by atoms with Gasteiger partial charge in [-0.1, -0.05) is 267 Å². The third-order valence-electron chi connectivity index (χ3n) is 12.6. The normalized spacial score (nSPS) is 13.5. The zero-order chi connectivity index (χ0) is 58.5. The summed E-state index contributed by atoms with van der Waals surface area (Å²) in [6, 6.07) is 0. The molecule has 0 aliphatic heterocycles. The van der Waals surface area contributed by atoms with Crippen molar-refractivity contribution in [2.24, 2.45) is 0 Å². The summed E-state index contributed by atoms with van der Waals surface area (Å²) >= 11 is 0. The van der Waals surface area contributed by atoms with E-state index in [1.807, 2.05) is 12.2 Å². The van der Waals surface area contributed by atoms with Gasteiger partial charge in [0.05, 0.1) is 0 Å². The second kappa shape index (κ2) is 66.8. The van der Waals surface area contributed by atoms with Crippen LogP contribution >= 0.6 is 0 Å². The zero-order valence-corrected chi connectivity index (χ0v) is 51.5. The van der Waals surface area contributed by atoms with Gasteiger partial charge in [0.2, 0.25) is 0 Å². The lowest BCUT2D eigenvalue weighted by Gasteiger charge is -2.18. The lowest BCUT2D eigenvalue weighted by molar-refractivity contribution is -0.166. The molecule has 6 nitrogen and oxygen atoms in total. The molecule has 0 heterocycles. The highest BCUT2D eigenvalue weighted by atomic mass is 16.6. The van der Waals surface area contributed by atoms with Gasteiger partial charge in [-0.25, -0.2) is 0 Å². The maximum Gasteiger partial charge on any atom is 0.306 e. The third kappa shape index (κ3) is 64.9. The minimum atomic E-state index is -0.845. The van der Waals surface area contributed by atoms with Crippen LogP contribution in [0.15, 0.2) is 194 Å². The summed E-state index contributed by atoms with van der Waals surface area (Å²) in [5.74, 6) is -1.07. The Labute approximate surface area is 497 Å². The maximum absolute atomic E-state index is 12.9. The van der Waals surface area contributed by atoms with Crippen LogP contribution < -0.4 is 0 Å². The van der Waals surface area contributed by atoms with E-state index in [1.165, 1.54) is 44.9 Å². The molecule has 0 aliphatic carbocycles. The number of unbranched alkanes of at least 4 members (excludes halogenated alkanes) is 12. The Hall–Kier alpha value is -5.75. The van der Waals surface area contributed by atoms with Crippen LogP contribution in [-0.2, 0) is 28.6 Å². The van der Waals surface area contributed by atoms with Crippen molar-refractivity contribution >= 4 is 17.9 Å². The van der Waals surface area contributed by atoms with Crippen LogP contribution in [0.2, 0.25) is 0 Å². The van der Waals surface area contributed by atoms with Crippen molar-refractivity contribution in [1.82, 2.24) is 0 Å². The highest BCUT2D eigenvalue weighted by Crippen LogP contribution is 2.14. The molecule has 0 aliphatic rings. The van der Waals surface area contributed by atoms with Crippen molar-refractivity contribution in [3.63, 3.8) is 0 Å². The lowest BCUT2D eigenvalue weighted by atomic mass is 10.1. The number of rotatable bonds is 55. The summed E-state index contributed by atoms with van der Waals surface area (Å²) < 4.78 is 16.8. The van der Waals surface area contributed by atoms with Crippen molar-refractivity contribution < 1.29 is 28.6 Å². The Balaban J connectivity index is 4.46. The number of carbonyl (C=O) groups is 3. The Morgan fingerprint density at radius 2 is 0.469 bits per heavy atom. The highest BCUT2D eigenvalue weighted by Gasteiger charge is 2.19. The number of ether oxygens (including phenoxy) is 3. The SMILES string of the molecule is CC/C=C\C/C=C\C/C=C\C/C=C\C/C=C\C/C=C\CCCCCCCCCCCCC(=O)OCC(COC(=O)CC/C=C\C/C=C\C/C=C\C/C=C\CC)OC(=O)CCCC/C=C\C/C=C\C/C=C\C/C=C\C/C=C\C/C=C\CC. The summed E-state index contributed by atoms with van der Waals surface area (Å²) in [5.41, 5.74) is 0. The number of allylic oxidation sites excluding steroid dienone is 32. The lowest BCUT2D eigenvalue weighted by Crippen LogP contribution is -2.30. The zero-order valence-electron chi connectivity index (χ0n) is 51.5. The molecular weight excluding hydrogens is 997 g/mol. The minimum Gasteiger partial charge on any atom is -0.462 e. The number of esters is 3. The Kier molecular flexibility index (Phi) is 62.0. The molecule has 0 bridgehead atoms. The van der Waals surface area contributed by atoms with Crippen LogP contribution in [0.4, 0.5) is 0 Å². The van der Waals surface area contributed by atoms with Gasteiger partial charge >= 0.3 is 17.9 Å². The molecule has 0 rings (SSSR count). The largest absolute Gasteiger partial charge is 0.462 e. The van der Waals surface area contributed by atoms with Crippen LogP contribution in [0.5, 0.6) is 0 Å². The molecule has 0 fully saturated rings. The summed E-state index contributed by atoms with van der Waals surface area (Å²) in [4.78, 5) is 38.2. The minimum absolute atomic E-state index is 0.130. The summed E-state index contributed by atoms with van der Waals surface area (Å²) in [7, 11) is 0. The first-order valence-electron chi connectivity index (χ1n) is 31.9. The molecule has 0 amide bonds. The van der Waals surface area contributed by atoms with E-state index in [-0.39, 0.29) is 44.0 Å². The first-order valence-corrected chi connectivity index (χ1v) is 31.9. The summed E-state index contributed by atoms with van der Waals surface area (Å²) in [5, 5.41) is 0. The van der Waals surface area contributed by atoms with E-state index in [9.17, 15) is 14.4 Å². The molecule has 1 unspecified atom stereocenters. The quantitative estimate of drug-likeness (QED) is 0.0261. The molecule has 0 saturated heterocycles. The fourth-order valence-corrected chi connectivity index (χ4v) is 7.93. The molecule has 450 valence electrons. The van der Waals surface area contributed by atoms with E-state index < -0.39 is 6.10 Å². The van der Waals surface area contributed by atoms with Crippen LogP contribution in [0.3, 0.4) is 0 Å². The van der Waals surface area contributed by atoms with E-state index in [0.29, 0.717) is 19.3 Å². The standard InChI is InChI=1S/C75H114O6/c1-4-7-10-13-16-19-22-25-27-29-31-33-34-35-36-37-38-39-40-42-43-45-47-50-53-56-59-62-65-68-74(77)80-71-72(70-79-73(76)67-64-61-58-55-52-49-24-21-18-15-12-9-6-3)81-75(78)69-66-63-60-57-54-51-48-46-44-41-32-30-28-26-23-20-17-14-11-8-5-2/h7-12,16-21,25-28,31-33,35-36,38-39,41,46,48-49,52,54,57-58,61,72H,4-6,13-15,22-24,29-30,34,37,40,42-45,47,50-51,53,55-56,59-60,62-71H2,1-3H3/b10-7-,11-8-,12-9-,19-16-,20-17-,21-18-,27-25-,28-26-,33-31-,36-35-,39-38-,41-32-,48-46-,52-49-,57-54-,61-58-. The Morgan fingerprint density at radius 3 is 0.790 bits per heavy atom. The fraction of sp³-hybridized carbons (Fsp3) is 0.533. The van der Waals surface area contributed by atoms with Crippen molar-refractivity contribution in [1.29, 1.82) is 0 Å². The van der Waals surface area contributed by atoms with Crippen LogP contribution in [0.25, 0.3) is 0 Å². The van der Waals surface area contributed by atoms with Crippen molar-refractivity contribution in [2.75, 3.05) is 13.2 Å². The molecule has 0 radical (unpaired) electrons. The van der Waals surface area contributed by atoms with Gasteiger partial charge in [0, 0.05) is 19.3 Å². The van der Waals surface area contributed by atoms with Gasteiger partial charge in [0.25, 0.3) is 0 Å². The molecule has 0 aromatic carbocycles. The average molecular weight is 1110 g/mol. The number of hydrogen-bond donors (Lipinski definition) is 0. The second-order valence-corrected chi connectivity index (χ2v) is 20.2. The van der Waals surface area contributed by atoms with E-state index in [1.54, 1.807) is 0 Å². The maximum atomic E-state index is 12.9. The average Bonchev–Trinajstić information content (AvgIpc) is 3.46. The molecule has 0 aromatic heterocycles. The van der Waals surface area contributed by atoms with Crippen molar-refractivity contribution in [3.05, 3.63) is 194 Å².